The molecule has 2 aliphatic rings. The van der Waals surface area contributed by atoms with Crippen LogP contribution in [0.5, 0.6) is 0 Å². The Balaban J connectivity index is 1.45. The molecule has 2 fully saturated rings. The third-order valence-corrected chi connectivity index (χ3v) is 4.90. The van der Waals surface area contributed by atoms with Crippen LogP contribution in [-0.4, -0.2) is 49.6 Å². The summed E-state index contributed by atoms with van der Waals surface area (Å²) in [5.41, 5.74) is 2.56. The van der Waals surface area contributed by atoms with Crippen LogP contribution in [0, 0.1) is 6.92 Å². The van der Waals surface area contributed by atoms with E-state index in [1.54, 1.807) is 0 Å². The third kappa shape index (κ3) is 3.80. The first-order chi connectivity index (χ1) is 10.7. The van der Waals surface area contributed by atoms with Crippen LogP contribution in [0.4, 0.5) is 5.69 Å². The Hall–Kier alpha value is -1.55. The van der Waals surface area contributed by atoms with E-state index in [1.807, 2.05) is 4.90 Å². The molecule has 4 heteroatoms. The lowest BCUT2D eigenvalue weighted by Crippen LogP contribution is -2.51. The monoisotopic (exact) mass is 301 g/mol. The quantitative estimate of drug-likeness (QED) is 0.926. The number of anilines is 1. The van der Waals surface area contributed by atoms with Gasteiger partial charge in [0, 0.05) is 37.9 Å². The molecule has 1 aliphatic carbocycles. The van der Waals surface area contributed by atoms with E-state index in [2.05, 4.69) is 41.4 Å². The van der Waals surface area contributed by atoms with Crippen LogP contribution in [0.15, 0.2) is 24.3 Å². The fraction of sp³-hybridized carbons (Fsp3) is 0.611. The van der Waals surface area contributed by atoms with Gasteiger partial charge in [-0.2, -0.15) is 0 Å². The maximum atomic E-state index is 12.3. The molecule has 1 amide bonds. The molecule has 120 valence electrons. The van der Waals surface area contributed by atoms with Crippen molar-refractivity contribution in [3.63, 3.8) is 0 Å². The Morgan fingerprint density at radius 1 is 1.18 bits per heavy atom. The summed E-state index contributed by atoms with van der Waals surface area (Å²) in [4.78, 5) is 16.7. The highest BCUT2D eigenvalue weighted by molar-refractivity contribution is 5.78. The molecule has 0 atom stereocenters. The van der Waals surface area contributed by atoms with Gasteiger partial charge < -0.3 is 15.1 Å². The molecule has 0 bridgehead atoms. The van der Waals surface area contributed by atoms with Gasteiger partial charge in [-0.1, -0.05) is 25.0 Å². The predicted molar refractivity (Wildman–Crippen MR) is 90.2 cm³/mol. The van der Waals surface area contributed by atoms with Crippen molar-refractivity contribution in [3.05, 3.63) is 29.8 Å². The van der Waals surface area contributed by atoms with E-state index in [4.69, 9.17) is 0 Å². The average Bonchev–Trinajstić information content (AvgIpc) is 3.06. The number of piperazine rings is 1. The van der Waals surface area contributed by atoms with Crippen LogP contribution in [0.3, 0.4) is 0 Å². The summed E-state index contributed by atoms with van der Waals surface area (Å²) in [5.74, 6) is 0.260. The molecule has 0 aromatic heterocycles. The van der Waals surface area contributed by atoms with Gasteiger partial charge in [-0.3, -0.25) is 4.79 Å². The minimum absolute atomic E-state index is 0.260. The molecular formula is C18H27N3O. The van der Waals surface area contributed by atoms with E-state index in [9.17, 15) is 4.79 Å². The van der Waals surface area contributed by atoms with E-state index < -0.39 is 0 Å². The summed E-state index contributed by atoms with van der Waals surface area (Å²) < 4.78 is 0. The number of hydrogen-bond acceptors (Lipinski definition) is 3. The molecule has 0 unspecified atom stereocenters. The van der Waals surface area contributed by atoms with Crippen LogP contribution in [0.2, 0.25) is 0 Å². The van der Waals surface area contributed by atoms with Crippen LogP contribution in [0.1, 0.15) is 31.2 Å². The van der Waals surface area contributed by atoms with E-state index in [0.29, 0.717) is 12.6 Å². The molecule has 1 aromatic rings. The molecule has 4 nitrogen and oxygen atoms in total. The van der Waals surface area contributed by atoms with E-state index in [1.165, 1.54) is 36.9 Å². The topological polar surface area (TPSA) is 35.6 Å². The Kier molecular flexibility index (Phi) is 4.98. The summed E-state index contributed by atoms with van der Waals surface area (Å²) in [6.07, 6.45) is 5.07. The van der Waals surface area contributed by atoms with Crippen molar-refractivity contribution in [2.45, 2.75) is 38.6 Å². The van der Waals surface area contributed by atoms with Crippen LogP contribution < -0.4 is 10.2 Å². The second-order valence-corrected chi connectivity index (χ2v) is 6.57. The van der Waals surface area contributed by atoms with Gasteiger partial charge in [0.1, 0.15) is 0 Å². The summed E-state index contributed by atoms with van der Waals surface area (Å²) >= 11 is 0. The van der Waals surface area contributed by atoms with Gasteiger partial charge in [0.2, 0.25) is 5.91 Å². The molecule has 1 saturated heterocycles. The van der Waals surface area contributed by atoms with E-state index in [-0.39, 0.29) is 5.91 Å². The largest absolute Gasteiger partial charge is 0.368 e. The minimum atomic E-state index is 0.260. The number of benzene rings is 1. The lowest BCUT2D eigenvalue weighted by Gasteiger charge is -2.36. The number of carbonyl (C=O) groups excluding carboxylic acids is 1. The highest BCUT2D eigenvalue weighted by atomic mass is 16.2. The average molecular weight is 301 g/mol. The SMILES string of the molecule is Cc1cccc(N2CCN(C(=O)CNC3CCCC3)CC2)c1. The van der Waals surface area contributed by atoms with Gasteiger partial charge in [-0.25, -0.2) is 0 Å². The molecule has 1 aliphatic heterocycles. The van der Waals surface area contributed by atoms with Gasteiger partial charge in [0.15, 0.2) is 0 Å². The Morgan fingerprint density at radius 2 is 1.91 bits per heavy atom. The number of amides is 1. The van der Waals surface area contributed by atoms with Crippen molar-refractivity contribution in [3.8, 4) is 0 Å². The zero-order valence-corrected chi connectivity index (χ0v) is 13.6. The van der Waals surface area contributed by atoms with E-state index >= 15 is 0 Å². The van der Waals surface area contributed by atoms with Crippen molar-refractivity contribution in [1.82, 2.24) is 10.2 Å². The maximum absolute atomic E-state index is 12.3. The first kappa shape index (κ1) is 15.3. The molecule has 22 heavy (non-hydrogen) atoms. The van der Waals surface area contributed by atoms with Crippen LogP contribution >= 0.6 is 0 Å². The minimum Gasteiger partial charge on any atom is -0.368 e. The lowest BCUT2D eigenvalue weighted by atomic mass is 10.2. The highest BCUT2D eigenvalue weighted by Gasteiger charge is 2.22. The van der Waals surface area contributed by atoms with Gasteiger partial charge in [-0.05, 0) is 37.5 Å². The Bertz CT molecular complexity index is 503. The molecule has 0 spiro atoms. The van der Waals surface area contributed by atoms with E-state index in [0.717, 1.165) is 26.2 Å². The second-order valence-electron chi connectivity index (χ2n) is 6.57. The number of nitrogens with zero attached hydrogens (tertiary/aromatic N) is 2. The fourth-order valence-corrected chi connectivity index (χ4v) is 3.51. The second kappa shape index (κ2) is 7.14. The van der Waals surface area contributed by atoms with Crippen molar-refractivity contribution < 1.29 is 4.79 Å². The zero-order chi connectivity index (χ0) is 15.4. The normalized spacial score (nSPS) is 19.7. The lowest BCUT2D eigenvalue weighted by molar-refractivity contribution is -0.130. The Labute approximate surface area is 133 Å². The van der Waals surface area contributed by atoms with Crippen molar-refractivity contribution >= 4 is 11.6 Å². The third-order valence-electron chi connectivity index (χ3n) is 4.90. The van der Waals surface area contributed by atoms with Crippen molar-refractivity contribution in [2.75, 3.05) is 37.6 Å². The van der Waals surface area contributed by atoms with Gasteiger partial charge in [0.05, 0.1) is 6.54 Å². The number of nitrogens with one attached hydrogen (secondary N) is 1. The first-order valence-corrected chi connectivity index (χ1v) is 8.55. The predicted octanol–water partition coefficient (Wildman–Crippen LogP) is 2.18. The maximum Gasteiger partial charge on any atom is 0.236 e. The number of hydrogen-bond donors (Lipinski definition) is 1. The van der Waals surface area contributed by atoms with Crippen molar-refractivity contribution in [2.24, 2.45) is 0 Å². The summed E-state index contributed by atoms with van der Waals surface area (Å²) in [7, 11) is 0. The first-order valence-electron chi connectivity index (χ1n) is 8.55. The van der Waals surface area contributed by atoms with Crippen LogP contribution in [-0.2, 0) is 4.79 Å². The number of rotatable bonds is 4. The molecule has 1 saturated carbocycles. The summed E-state index contributed by atoms with van der Waals surface area (Å²) in [5, 5.41) is 3.42. The number of aryl methyl sites for hydroxylation is 1. The van der Waals surface area contributed by atoms with Gasteiger partial charge in [-0.15, -0.1) is 0 Å². The highest BCUT2D eigenvalue weighted by Crippen LogP contribution is 2.19. The molecule has 3 rings (SSSR count). The molecule has 0 radical (unpaired) electrons. The smallest absolute Gasteiger partial charge is 0.236 e. The molecular weight excluding hydrogens is 274 g/mol. The fourth-order valence-electron chi connectivity index (χ4n) is 3.51. The Morgan fingerprint density at radius 3 is 2.59 bits per heavy atom. The molecule has 1 N–H and O–H groups in total. The van der Waals surface area contributed by atoms with Gasteiger partial charge >= 0.3 is 0 Å². The summed E-state index contributed by atoms with van der Waals surface area (Å²) in [6, 6.07) is 9.18. The zero-order valence-electron chi connectivity index (χ0n) is 13.6. The van der Waals surface area contributed by atoms with Crippen LogP contribution in [0.25, 0.3) is 0 Å². The molecule has 1 heterocycles. The standard InChI is InChI=1S/C18H27N3O/c1-15-5-4-8-17(13-15)20-9-11-21(12-10-20)18(22)14-19-16-6-2-3-7-16/h4-5,8,13,16,19H,2-3,6-7,9-12,14H2,1H3. The number of carbonyl (C=O) groups is 1. The van der Waals surface area contributed by atoms with Gasteiger partial charge in [0.25, 0.3) is 0 Å². The molecule has 1 aromatic carbocycles. The summed E-state index contributed by atoms with van der Waals surface area (Å²) in [6.45, 7) is 6.16. The van der Waals surface area contributed by atoms with Crippen molar-refractivity contribution in [1.29, 1.82) is 0 Å².